The van der Waals surface area contributed by atoms with Gasteiger partial charge in [0, 0.05) is 16.7 Å². The molecular formula is C12H12NO2PS. The van der Waals surface area contributed by atoms with Gasteiger partial charge in [0.2, 0.25) is 6.49 Å². The highest BCUT2D eigenvalue weighted by Gasteiger charge is 2.10. The molecule has 3 N–H and O–H groups in total. The molecule has 0 aliphatic heterocycles. The summed E-state index contributed by atoms with van der Waals surface area (Å²) in [4.78, 5) is 18.7. The molecule has 0 saturated carbocycles. The van der Waals surface area contributed by atoms with E-state index in [0.717, 1.165) is 11.4 Å². The van der Waals surface area contributed by atoms with Gasteiger partial charge in [-0.25, -0.2) is 0 Å². The summed E-state index contributed by atoms with van der Waals surface area (Å²) in [6, 6.07) is 16.5. The van der Waals surface area contributed by atoms with E-state index in [1.807, 2.05) is 30.3 Å². The first-order valence-corrected chi connectivity index (χ1v) is 7.75. The number of hydrogen-bond donors (Lipinski definition) is 3. The van der Waals surface area contributed by atoms with Gasteiger partial charge in [0.1, 0.15) is 0 Å². The summed E-state index contributed by atoms with van der Waals surface area (Å²) in [6.07, 6.45) is 0. The van der Waals surface area contributed by atoms with Gasteiger partial charge in [-0.1, -0.05) is 18.2 Å². The number of hydrogen-bond acceptors (Lipinski definition) is 2. The average Bonchev–Trinajstić information content (AvgIpc) is 2.30. The Hall–Kier alpha value is -1.19. The second kappa shape index (κ2) is 4.98. The van der Waals surface area contributed by atoms with Crippen LogP contribution >= 0.6 is 6.49 Å². The molecule has 0 radical (unpaired) electrons. The molecule has 0 spiro atoms. The zero-order chi connectivity index (χ0) is 12.3. The highest BCUT2D eigenvalue weighted by Crippen LogP contribution is 2.33. The van der Waals surface area contributed by atoms with Crippen molar-refractivity contribution in [2.45, 2.75) is 0 Å². The quantitative estimate of drug-likeness (QED) is 0.746. The Balaban J connectivity index is 2.17. The van der Waals surface area contributed by atoms with E-state index in [9.17, 15) is 9.79 Å². The van der Waals surface area contributed by atoms with E-state index >= 15 is 0 Å². The fourth-order valence-corrected chi connectivity index (χ4v) is 2.33. The van der Waals surface area contributed by atoms with E-state index in [2.05, 4.69) is 17.1 Å². The van der Waals surface area contributed by atoms with Crippen LogP contribution < -0.4 is 10.6 Å². The van der Waals surface area contributed by atoms with Gasteiger partial charge in [0.25, 0.3) is 0 Å². The van der Waals surface area contributed by atoms with E-state index in [1.54, 1.807) is 24.3 Å². The molecule has 17 heavy (non-hydrogen) atoms. The monoisotopic (exact) mass is 265 g/mol. The van der Waals surface area contributed by atoms with Crippen molar-refractivity contribution in [3.05, 3.63) is 54.6 Å². The third kappa shape index (κ3) is 3.38. The van der Waals surface area contributed by atoms with Crippen LogP contribution in [0.4, 0.5) is 11.4 Å². The van der Waals surface area contributed by atoms with Crippen molar-refractivity contribution >= 4 is 35.0 Å². The first-order valence-electron chi connectivity index (χ1n) is 5.04. The Morgan fingerprint density at radius 1 is 0.824 bits per heavy atom. The predicted octanol–water partition coefficient (Wildman–Crippen LogP) is 2.35. The number of para-hydroxylation sites is 1. The molecule has 88 valence electrons. The lowest BCUT2D eigenvalue weighted by atomic mass is 10.3. The molecule has 0 saturated heterocycles. The van der Waals surface area contributed by atoms with Crippen LogP contribution in [0.2, 0.25) is 0 Å². The van der Waals surface area contributed by atoms with E-state index in [4.69, 9.17) is 0 Å². The molecule has 2 rings (SSSR count). The summed E-state index contributed by atoms with van der Waals surface area (Å²) in [5.41, 5.74) is 1.86. The summed E-state index contributed by atoms with van der Waals surface area (Å²) in [6.45, 7) is -3.31. The molecule has 3 nitrogen and oxygen atoms in total. The van der Waals surface area contributed by atoms with Crippen molar-refractivity contribution in [2.75, 3.05) is 5.32 Å². The number of nitrogens with one attached hydrogen (secondary N) is 1. The van der Waals surface area contributed by atoms with Crippen LogP contribution in [0.1, 0.15) is 0 Å². The summed E-state index contributed by atoms with van der Waals surface area (Å²) in [7, 11) is 0. The van der Waals surface area contributed by atoms with Crippen molar-refractivity contribution in [1.29, 1.82) is 0 Å². The van der Waals surface area contributed by atoms with Crippen molar-refractivity contribution in [2.24, 2.45) is 0 Å². The topological polar surface area (TPSA) is 52.5 Å². The summed E-state index contributed by atoms with van der Waals surface area (Å²) in [5.74, 6) is 0. The largest absolute Gasteiger partial charge is 0.356 e. The zero-order valence-electron chi connectivity index (χ0n) is 8.95. The zero-order valence-corrected chi connectivity index (χ0v) is 10.7. The smallest absolute Gasteiger partial charge is 0.214 e. The van der Waals surface area contributed by atoms with E-state index in [0.29, 0.717) is 5.30 Å². The Morgan fingerprint density at radius 3 is 1.88 bits per heavy atom. The van der Waals surface area contributed by atoms with Crippen LogP contribution in [0.25, 0.3) is 0 Å². The van der Waals surface area contributed by atoms with Gasteiger partial charge < -0.3 is 15.1 Å². The van der Waals surface area contributed by atoms with Gasteiger partial charge in [-0.2, -0.15) is 0 Å². The van der Waals surface area contributed by atoms with Gasteiger partial charge in [0.05, 0.1) is 0 Å². The van der Waals surface area contributed by atoms with Gasteiger partial charge in [-0.3, -0.25) is 0 Å². The van der Waals surface area contributed by atoms with Crippen LogP contribution in [0.15, 0.2) is 54.6 Å². The molecule has 2 aromatic carbocycles. The molecule has 0 aromatic heterocycles. The van der Waals surface area contributed by atoms with Gasteiger partial charge in [0.15, 0.2) is 0 Å². The minimum atomic E-state index is -3.31. The molecule has 0 bridgehead atoms. The van der Waals surface area contributed by atoms with Crippen molar-refractivity contribution in [3.63, 3.8) is 0 Å². The van der Waals surface area contributed by atoms with E-state index in [-0.39, 0.29) is 0 Å². The van der Waals surface area contributed by atoms with Crippen LogP contribution in [0.3, 0.4) is 0 Å². The lowest BCUT2D eigenvalue weighted by Crippen LogP contribution is -2.02. The fraction of sp³-hybridized carbons (Fsp3) is 0. The second-order valence-electron chi connectivity index (χ2n) is 3.58. The molecule has 0 atom stereocenters. The van der Waals surface area contributed by atoms with Crippen LogP contribution in [0, 0.1) is 0 Å². The Morgan fingerprint density at radius 2 is 1.35 bits per heavy atom. The maximum absolute atomic E-state index is 9.33. The maximum atomic E-state index is 9.33. The molecule has 0 fully saturated rings. The Bertz CT molecular complexity index is 536. The highest BCUT2D eigenvalue weighted by molar-refractivity contribution is 8.12. The fourth-order valence-electron chi connectivity index (χ4n) is 1.43. The normalized spacial score (nSPS) is 11.2. The van der Waals surface area contributed by atoms with Gasteiger partial charge >= 0.3 is 0 Å². The first-order chi connectivity index (χ1) is 8.05. The summed E-state index contributed by atoms with van der Waals surface area (Å²) in [5, 5.41) is 3.59. The molecule has 0 unspecified atom stereocenters. The second-order valence-corrected chi connectivity index (χ2v) is 6.71. The minimum absolute atomic E-state index is 0.395. The lowest BCUT2D eigenvalue weighted by Gasteiger charge is -2.10. The molecule has 5 heteroatoms. The van der Waals surface area contributed by atoms with Crippen LogP contribution in [-0.2, 0) is 11.8 Å². The predicted molar refractivity (Wildman–Crippen MR) is 74.5 cm³/mol. The standard InChI is InChI=1S/C12H12NO2PS/c14-16(15,17)12-8-6-11(7-9-12)13-10-4-2-1-3-5-10/h1-9,13H,(H2,14,15,17). The Kier molecular flexibility index (Phi) is 3.60. The summed E-state index contributed by atoms with van der Waals surface area (Å²) >= 11 is 4.63. The van der Waals surface area contributed by atoms with Gasteiger partial charge in [-0.15, -0.1) is 0 Å². The molecular weight excluding hydrogens is 253 g/mol. The molecule has 2 aromatic rings. The lowest BCUT2D eigenvalue weighted by molar-refractivity contribution is 0.493. The third-order valence-electron chi connectivity index (χ3n) is 2.27. The maximum Gasteiger partial charge on any atom is 0.214 e. The average molecular weight is 265 g/mol. The third-order valence-corrected chi connectivity index (χ3v) is 3.87. The number of rotatable bonds is 3. The highest BCUT2D eigenvalue weighted by atomic mass is 32.5. The van der Waals surface area contributed by atoms with E-state index < -0.39 is 6.49 Å². The van der Waals surface area contributed by atoms with Gasteiger partial charge in [-0.05, 0) is 48.2 Å². The molecule has 0 aliphatic carbocycles. The molecule has 0 aliphatic rings. The number of benzene rings is 2. The molecule has 0 heterocycles. The van der Waals surface area contributed by atoms with Crippen molar-refractivity contribution < 1.29 is 9.79 Å². The minimum Gasteiger partial charge on any atom is -0.356 e. The van der Waals surface area contributed by atoms with Crippen LogP contribution in [0.5, 0.6) is 0 Å². The number of anilines is 2. The SMILES string of the molecule is OP(O)(=S)c1ccc(Nc2ccccc2)cc1. The first kappa shape index (κ1) is 12.3. The Labute approximate surface area is 105 Å². The van der Waals surface area contributed by atoms with Crippen molar-refractivity contribution in [1.82, 2.24) is 0 Å². The molecule has 0 amide bonds. The van der Waals surface area contributed by atoms with Crippen LogP contribution in [-0.4, -0.2) is 9.79 Å². The summed E-state index contributed by atoms with van der Waals surface area (Å²) < 4.78 is 0. The van der Waals surface area contributed by atoms with E-state index in [1.165, 1.54) is 0 Å². The van der Waals surface area contributed by atoms with Crippen molar-refractivity contribution in [3.8, 4) is 0 Å².